The highest BCUT2D eigenvalue weighted by Crippen LogP contribution is 2.45. The number of fused-ring (bicyclic) bond motifs is 1. The third kappa shape index (κ3) is 3.56. The number of halogens is 2. The van der Waals surface area contributed by atoms with Gasteiger partial charge in [0.2, 0.25) is 0 Å². The largest absolute Gasteiger partial charge is 0.275 e. The van der Waals surface area contributed by atoms with E-state index in [0.717, 1.165) is 21.9 Å². The molecular weight excluding hydrogens is 409 g/mol. The fourth-order valence-corrected chi connectivity index (χ4v) is 4.54. The first-order valence-corrected chi connectivity index (χ1v) is 10.7. The summed E-state index contributed by atoms with van der Waals surface area (Å²) in [6, 6.07) is 35.0. The van der Waals surface area contributed by atoms with Crippen molar-refractivity contribution in [2.75, 3.05) is 0 Å². The van der Waals surface area contributed by atoms with Gasteiger partial charge < -0.3 is 0 Å². The zero-order chi connectivity index (χ0) is 20.5. The summed E-state index contributed by atoms with van der Waals surface area (Å²) in [5.74, 6) is 0.0818. The summed E-state index contributed by atoms with van der Waals surface area (Å²) in [5.41, 5.74) is 6.75. The summed E-state index contributed by atoms with van der Waals surface area (Å²) in [6.45, 7) is 0. The molecule has 0 fully saturated rings. The number of hydrogen-bond donors (Lipinski definition) is 0. The third-order valence-corrected chi connectivity index (χ3v) is 6.09. The lowest BCUT2D eigenvalue weighted by Crippen LogP contribution is -2.23. The average molecular weight is 428 g/mol. The van der Waals surface area contributed by atoms with Crippen LogP contribution in [0.2, 0.25) is 10.0 Å². The summed E-state index contributed by atoms with van der Waals surface area (Å²) in [7, 11) is 0. The topological polar surface area (TPSA) is 12.4 Å². The van der Waals surface area contributed by atoms with E-state index in [-0.39, 0.29) is 12.0 Å². The Morgan fingerprint density at radius 2 is 1.20 bits per heavy atom. The van der Waals surface area contributed by atoms with Crippen molar-refractivity contribution in [3.05, 3.63) is 141 Å². The summed E-state index contributed by atoms with van der Waals surface area (Å²) in [5, 5.41) is 1.45. The maximum absolute atomic E-state index is 6.48. The molecular formula is C27H19Cl2N. The van der Waals surface area contributed by atoms with E-state index in [1.54, 1.807) is 0 Å². The first kappa shape index (κ1) is 19.1. The van der Waals surface area contributed by atoms with Gasteiger partial charge in [0.1, 0.15) is 0 Å². The molecule has 4 aromatic carbocycles. The maximum Gasteiger partial charge on any atom is 0.0865 e. The standard InChI is InChI=1S/C27H19Cl2N/c28-21-13-11-20(12-14-21)26-23-16-15-22(29)17-24(23)25(18-7-3-1-4-8-18)27(30-26)19-9-5-2-6-10-19/h1-17,25,27H/t25-,27-/m0/s1. The van der Waals surface area contributed by atoms with Crippen LogP contribution in [-0.2, 0) is 0 Å². The Kier molecular flexibility index (Phi) is 5.16. The van der Waals surface area contributed by atoms with Gasteiger partial charge >= 0.3 is 0 Å². The molecule has 0 radical (unpaired) electrons. The van der Waals surface area contributed by atoms with Gasteiger partial charge in [0, 0.05) is 27.1 Å². The molecule has 3 heteroatoms. The van der Waals surface area contributed by atoms with Crippen LogP contribution in [0.1, 0.15) is 39.8 Å². The SMILES string of the molecule is Clc1ccc(C2=N[C@@H](c3ccccc3)[C@@H](c3ccccc3)c3cc(Cl)ccc32)cc1. The molecule has 1 heterocycles. The number of rotatable bonds is 3. The Morgan fingerprint density at radius 1 is 0.600 bits per heavy atom. The number of nitrogens with zero attached hydrogens (tertiary/aromatic N) is 1. The van der Waals surface area contributed by atoms with E-state index in [9.17, 15) is 0 Å². The van der Waals surface area contributed by atoms with E-state index in [1.165, 1.54) is 16.7 Å². The number of benzene rings is 4. The molecule has 0 amide bonds. The molecule has 0 saturated heterocycles. The second kappa shape index (κ2) is 8.10. The van der Waals surface area contributed by atoms with Crippen molar-refractivity contribution < 1.29 is 0 Å². The maximum atomic E-state index is 6.48. The Bertz CT molecular complexity index is 1200. The first-order valence-electron chi connectivity index (χ1n) is 9.94. The Labute approximate surface area is 186 Å². The molecule has 5 rings (SSSR count). The summed E-state index contributed by atoms with van der Waals surface area (Å²) >= 11 is 12.6. The molecule has 0 saturated carbocycles. The third-order valence-electron chi connectivity index (χ3n) is 5.61. The van der Waals surface area contributed by atoms with Crippen molar-refractivity contribution >= 4 is 28.9 Å². The predicted molar refractivity (Wildman–Crippen MR) is 126 cm³/mol. The van der Waals surface area contributed by atoms with Crippen LogP contribution in [0, 0.1) is 0 Å². The molecule has 4 aromatic rings. The Morgan fingerprint density at radius 3 is 1.87 bits per heavy atom. The molecule has 0 bridgehead atoms. The second-order valence-electron chi connectivity index (χ2n) is 7.46. The zero-order valence-electron chi connectivity index (χ0n) is 16.2. The molecule has 1 aliphatic rings. The van der Waals surface area contributed by atoms with Gasteiger partial charge in [0.15, 0.2) is 0 Å². The Hall–Kier alpha value is -2.87. The molecule has 0 N–H and O–H groups in total. The molecule has 30 heavy (non-hydrogen) atoms. The van der Waals surface area contributed by atoms with Crippen LogP contribution in [0.5, 0.6) is 0 Å². The monoisotopic (exact) mass is 427 g/mol. The van der Waals surface area contributed by atoms with Crippen LogP contribution in [0.4, 0.5) is 0 Å². The van der Waals surface area contributed by atoms with Crippen LogP contribution in [-0.4, -0.2) is 5.71 Å². The van der Waals surface area contributed by atoms with Crippen LogP contribution >= 0.6 is 23.2 Å². The highest BCUT2D eigenvalue weighted by molar-refractivity contribution is 6.31. The van der Waals surface area contributed by atoms with Crippen molar-refractivity contribution in [2.45, 2.75) is 12.0 Å². The first-order chi connectivity index (χ1) is 14.7. The van der Waals surface area contributed by atoms with E-state index >= 15 is 0 Å². The van der Waals surface area contributed by atoms with Gasteiger partial charge in [-0.15, -0.1) is 0 Å². The van der Waals surface area contributed by atoms with Gasteiger partial charge in [-0.05, 0) is 41.0 Å². The fraction of sp³-hybridized carbons (Fsp3) is 0.0741. The minimum absolute atomic E-state index is 0.0507. The highest BCUT2D eigenvalue weighted by atomic mass is 35.5. The van der Waals surface area contributed by atoms with Gasteiger partial charge in [-0.3, -0.25) is 4.99 Å². The van der Waals surface area contributed by atoms with Crippen molar-refractivity contribution in [1.82, 2.24) is 0 Å². The van der Waals surface area contributed by atoms with E-state index < -0.39 is 0 Å². The lowest BCUT2D eigenvalue weighted by molar-refractivity contribution is 0.622. The van der Waals surface area contributed by atoms with Gasteiger partial charge in [-0.1, -0.05) is 102 Å². The zero-order valence-corrected chi connectivity index (χ0v) is 17.7. The normalized spacial score (nSPS) is 17.9. The van der Waals surface area contributed by atoms with E-state index in [4.69, 9.17) is 28.2 Å². The summed E-state index contributed by atoms with van der Waals surface area (Å²) < 4.78 is 0. The van der Waals surface area contributed by atoms with Crippen LogP contribution in [0.25, 0.3) is 0 Å². The molecule has 1 aliphatic heterocycles. The average Bonchev–Trinajstić information content (AvgIpc) is 2.79. The van der Waals surface area contributed by atoms with Crippen molar-refractivity contribution in [3.8, 4) is 0 Å². The molecule has 1 nitrogen and oxygen atoms in total. The van der Waals surface area contributed by atoms with Crippen LogP contribution < -0.4 is 0 Å². The van der Waals surface area contributed by atoms with Gasteiger partial charge in [0.25, 0.3) is 0 Å². The van der Waals surface area contributed by atoms with Gasteiger partial charge in [0.05, 0.1) is 11.8 Å². The highest BCUT2D eigenvalue weighted by Gasteiger charge is 2.33. The molecule has 0 spiro atoms. The molecule has 146 valence electrons. The molecule has 0 aromatic heterocycles. The van der Waals surface area contributed by atoms with Crippen molar-refractivity contribution in [1.29, 1.82) is 0 Å². The van der Waals surface area contributed by atoms with Crippen molar-refractivity contribution in [2.24, 2.45) is 4.99 Å². The van der Waals surface area contributed by atoms with E-state index in [2.05, 4.69) is 60.7 Å². The van der Waals surface area contributed by atoms with Gasteiger partial charge in [-0.2, -0.15) is 0 Å². The van der Waals surface area contributed by atoms with Crippen molar-refractivity contribution in [3.63, 3.8) is 0 Å². The quantitative estimate of drug-likeness (QED) is 0.317. The minimum atomic E-state index is -0.0507. The molecule has 0 aliphatic carbocycles. The smallest absolute Gasteiger partial charge is 0.0865 e. The van der Waals surface area contributed by atoms with Crippen LogP contribution in [0.3, 0.4) is 0 Å². The predicted octanol–water partition coefficient (Wildman–Crippen LogP) is 7.72. The fourth-order valence-electron chi connectivity index (χ4n) is 4.24. The van der Waals surface area contributed by atoms with E-state index in [0.29, 0.717) is 5.02 Å². The summed E-state index contributed by atoms with van der Waals surface area (Å²) in [6.07, 6.45) is 0. The lowest BCUT2D eigenvalue weighted by Gasteiger charge is -2.33. The molecule has 0 unspecified atom stereocenters. The Balaban J connectivity index is 1.77. The second-order valence-corrected chi connectivity index (χ2v) is 8.33. The van der Waals surface area contributed by atoms with E-state index in [1.807, 2.05) is 42.5 Å². The lowest BCUT2D eigenvalue weighted by atomic mass is 9.76. The summed E-state index contributed by atoms with van der Waals surface area (Å²) in [4.78, 5) is 5.31. The number of aliphatic imine (C=N–C) groups is 1. The van der Waals surface area contributed by atoms with Crippen LogP contribution in [0.15, 0.2) is 108 Å². The number of hydrogen-bond acceptors (Lipinski definition) is 1. The van der Waals surface area contributed by atoms with Gasteiger partial charge in [-0.25, -0.2) is 0 Å². The minimum Gasteiger partial charge on any atom is -0.275 e. The molecule has 2 atom stereocenters.